The second kappa shape index (κ2) is 8.94. The van der Waals surface area contributed by atoms with E-state index in [2.05, 4.69) is 0 Å². The lowest BCUT2D eigenvalue weighted by molar-refractivity contribution is -0.271. The molecule has 11 heteroatoms. The van der Waals surface area contributed by atoms with Gasteiger partial charge in [-0.1, -0.05) is 6.07 Å². The fourth-order valence-corrected chi connectivity index (χ4v) is 3.94. The molecule has 4 rings (SSSR count). The van der Waals surface area contributed by atoms with Crippen LogP contribution in [0.25, 0.3) is 0 Å². The van der Waals surface area contributed by atoms with Crippen LogP contribution in [-0.2, 0) is 16.0 Å². The van der Waals surface area contributed by atoms with Crippen molar-refractivity contribution in [2.45, 2.75) is 49.7 Å². The van der Waals surface area contributed by atoms with Crippen molar-refractivity contribution < 1.29 is 54.4 Å². The van der Waals surface area contributed by atoms with Gasteiger partial charge in [-0.2, -0.15) is 0 Å². The van der Waals surface area contributed by atoms with Gasteiger partial charge < -0.3 is 49.6 Å². The molecule has 0 saturated carbocycles. The highest BCUT2D eigenvalue weighted by atomic mass is 16.7. The fourth-order valence-electron chi connectivity index (χ4n) is 3.94. The number of carboxylic acids is 1. The predicted molar refractivity (Wildman–Crippen MR) is 109 cm³/mol. The smallest absolute Gasteiger partial charge is 0.335 e. The number of phenols is 2. The number of aliphatic hydroxyl groups excluding tert-OH is 3. The average molecular weight is 464 g/mol. The molecule has 0 aliphatic carbocycles. The number of rotatable bonds is 5. The number of carboxylic acid groups (broad SMARTS) is 1. The van der Waals surface area contributed by atoms with Gasteiger partial charge in [0.2, 0.25) is 6.29 Å². The normalized spacial score (nSPS) is 29.0. The van der Waals surface area contributed by atoms with Gasteiger partial charge in [-0.15, -0.1) is 0 Å². The topological polar surface area (TPSA) is 175 Å². The lowest BCUT2D eigenvalue weighted by Gasteiger charge is -2.38. The Labute approximate surface area is 188 Å². The SMILES string of the molecule is COc1ccc([C@@H]2CCc3c(O)cc(O[C@@H]4O[C@H](C(=O)O)[C@@H](O)[C@H](O)[C@H]4O)cc3O2)cc1O. The summed E-state index contributed by atoms with van der Waals surface area (Å²) in [4.78, 5) is 11.3. The van der Waals surface area contributed by atoms with Crippen LogP contribution in [0, 0.1) is 0 Å². The average Bonchev–Trinajstić information content (AvgIpc) is 2.78. The minimum Gasteiger partial charge on any atom is -0.507 e. The third kappa shape index (κ3) is 4.35. The van der Waals surface area contributed by atoms with Crippen LogP contribution >= 0.6 is 0 Å². The van der Waals surface area contributed by atoms with E-state index < -0.39 is 42.8 Å². The molecule has 178 valence electrons. The van der Waals surface area contributed by atoms with Crippen LogP contribution < -0.4 is 14.2 Å². The molecule has 2 aromatic rings. The minimum absolute atomic E-state index is 0.0127. The molecule has 0 aromatic heterocycles. The van der Waals surface area contributed by atoms with E-state index in [1.165, 1.54) is 25.3 Å². The summed E-state index contributed by atoms with van der Waals surface area (Å²) < 4.78 is 21.7. The number of carbonyl (C=O) groups is 1. The lowest BCUT2D eigenvalue weighted by Crippen LogP contribution is -2.61. The van der Waals surface area contributed by atoms with E-state index in [9.17, 15) is 30.3 Å². The highest BCUT2D eigenvalue weighted by molar-refractivity contribution is 5.73. The molecule has 1 saturated heterocycles. The van der Waals surface area contributed by atoms with Crippen molar-refractivity contribution in [2.75, 3.05) is 7.11 Å². The van der Waals surface area contributed by atoms with E-state index in [0.717, 1.165) is 0 Å². The van der Waals surface area contributed by atoms with Gasteiger partial charge in [0.05, 0.1) is 7.11 Å². The van der Waals surface area contributed by atoms with Gasteiger partial charge in [-0.25, -0.2) is 4.79 Å². The zero-order valence-electron chi connectivity index (χ0n) is 17.5. The first-order chi connectivity index (χ1) is 15.7. The summed E-state index contributed by atoms with van der Waals surface area (Å²) in [5.41, 5.74) is 1.22. The first-order valence-corrected chi connectivity index (χ1v) is 10.2. The van der Waals surface area contributed by atoms with E-state index in [1.54, 1.807) is 12.1 Å². The number of hydrogen-bond acceptors (Lipinski definition) is 10. The quantitative estimate of drug-likeness (QED) is 0.362. The Balaban J connectivity index is 1.56. The Bertz CT molecular complexity index is 1040. The molecular weight excluding hydrogens is 440 g/mol. The first-order valence-electron chi connectivity index (χ1n) is 10.2. The molecule has 2 aromatic carbocycles. The number of fused-ring (bicyclic) bond motifs is 1. The standard InChI is InChI=1S/C22H24O11/c1-30-15-4-2-9(6-13(15)24)14-5-3-11-12(23)7-10(8-16(11)32-14)31-22-19(27)17(25)18(26)20(33-22)21(28)29/h2,4,6-8,14,17-20,22-27H,3,5H2,1H3,(H,28,29)/t14-,17-,18-,19+,20-,22+/m0/s1. The molecule has 0 spiro atoms. The molecular formula is C22H24O11. The number of hydrogen-bond donors (Lipinski definition) is 6. The summed E-state index contributed by atoms with van der Waals surface area (Å²) >= 11 is 0. The maximum absolute atomic E-state index is 11.3. The van der Waals surface area contributed by atoms with Crippen molar-refractivity contribution in [3.8, 4) is 28.7 Å². The second-order valence-electron chi connectivity index (χ2n) is 7.85. The molecule has 2 aliphatic rings. The van der Waals surface area contributed by atoms with E-state index in [4.69, 9.17) is 24.1 Å². The van der Waals surface area contributed by atoms with E-state index >= 15 is 0 Å². The Morgan fingerprint density at radius 1 is 1.03 bits per heavy atom. The van der Waals surface area contributed by atoms with Gasteiger partial charge in [0.25, 0.3) is 0 Å². The molecule has 0 bridgehead atoms. The van der Waals surface area contributed by atoms with Crippen LogP contribution in [-0.4, -0.2) is 74.4 Å². The highest BCUT2D eigenvalue weighted by Gasteiger charge is 2.48. The number of phenolic OH excluding ortho intramolecular Hbond substituents is 2. The lowest BCUT2D eigenvalue weighted by atomic mass is 9.96. The summed E-state index contributed by atoms with van der Waals surface area (Å²) in [6, 6.07) is 7.58. The van der Waals surface area contributed by atoms with Crippen molar-refractivity contribution in [3.05, 3.63) is 41.5 Å². The van der Waals surface area contributed by atoms with Gasteiger partial charge in [-0.05, 0) is 30.5 Å². The Morgan fingerprint density at radius 2 is 1.79 bits per heavy atom. The number of aliphatic hydroxyl groups is 3. The van der Waals surface area contributed by atoms with Gasteiger partial charge in [0.15, 0.2) is 17.6 Å². The minimum atomic E-state index is -1.85. The fraction of sp³-hybridized carbons (Fsp3) is 0.409. The number of ether oxygens (including phenoxy) is 4. The van der Waals surface area contributed by atoms with Gasteiger partial charge in [0, 0.05) is 17.7 Å². The van der Waals surface area contributed by atoms with Crippen molar-refractivity contribution in [2.24, 2.45) is 0 Å². The molecule has 33 heavy (non-hydrogen) atoms. The Hall–Kier alpha value is -3.25. The van der Waals surface area contributed by atoms with Crippen molar-refractivity contribution in [1.82, 2.24) is 0 Å². The molecule has 1 fully saturated rings. The van der Waals surface area contributed by atoms with Crippen molar-refractivity contribution in [1.29, 1.82) is 0 Å². The zero-order valence-corrected chi connectivity index (χ0v) is 17.5. The van der Waals surface area contributed by atoms with Crippen LogP contribution in [0.2, 0.25) is 0 Å². The third-order valence-corrected chi connectivity index (χ3v) is 5.72. The number of benzene rings is 2. The monoisotopic (exact) mass is 464 g/mol. The number of aromatic hydroxyl groups is 2. The molecule has 2 heterocycles. The molecule has 2 aliphatic heterocycles. The largest absolute Gasteiger partial charge is 0.507 e. The molecule has 0 unspecified atom stereocenters. The number of methoxy groups -OCH3 is 1. The maximum atomic E-state index is 11.3. The van der Waals surface area contributed by atoms with Gasteiger partial charge in [0.1, 0.15) is 41.7 Å². The number of aliphatic carboxylic acids is 1. The molecule has 11 nitrogen and oxygen atoms in total. The molecule has 6 N–H and O–H groups in total. The summed E-state index contributed by atoms with van der Waals surface area (Å²) in [7, 11) is 1.44. The predicted octanol–water partition coefficient (Wildman–Crippen LogP) is 0.444. The third-order valence-electron chi connectivity index (χ3n) is 5.72. The first kappa shape index (κ1) is 22.9. The summed E-state index contributed by atoms with van der Waals surface area (Å²) in [6.45, 7) is 0. The van der Waals surface area contributed by atoms with Crippen LogP contribution in [0.15, 0.2) is 30.3 Å². The molecule has 6 atom stereocenters. The van der Waals surface area contributed by atoms with Crippen LogP contribution in [0.3, 0.4) is 0 Å². The molecule has 0 amide bonds. The van der Waals surface area contributed by atoms with Crippen LogP contribution in [0.1, 0.15) is 23.7 Å². The van der Waals surface area contributed by atoms with E-state index in [1.807, 2.05) is 0 Å². The summed E-state index contributed by atoms with van der Waals surface area (Å²) in [6.07, 6.45) is -8.30. The Kier molecular flexibility index (Phi) is 6.21. The highest BCUT2D eigenvalue weighted by Crippen LogP contribution is 2.43. The Morgan fingerprint density at radius 3 is 2.45 bits per heavy atom. The van der Waals surface area contributed by atoms with Crippen LogP contribution in [0.4, 0.5) is 0 Å². The van der Waals surface area contributed by atoms with Gasteiger partial charge in [-0.3, -0.25) is 0 Å². The van der Waals surface area contributed by atoms with Crippen molar-refractivity contribution >= 4 is 5.97 Å². The zero-order chi connectivity index (χ0) is 23.9. The summed E-state index contributed by atoms with van der Waals surface area (Å²) in [5, 5.41) is 59.6. The van der Waals surface area contributed by atoms with Crippen molar-refractivity contribution in [3.63, 3.8) is 0 Å². The van der Waals surface area contributed by atoms with Gasteiger partial charge >= 0.3 is 5.97 Å². The second-order valence-corrected chi connectivity index (χ2v) is 7.85. The summed E-state index contributed by atoms with van der Waals surface area (Å²) in [5.74, 6) is -1.12. The molecule has 0 radical (unpaired) electrons. The van der Waals surface area contributed by atoms with E-state index in [-0.39, 0.29) is 23.0 Å². The van der Waals surface area contributed by atoms with Crippen LogP contribution in [0.5, 0.6) is 28.7 Å². The van der Waals surface area contributed by atoms with E-state index in [0.29, 0.717) is 29.7 Å². The maximum Gasteiger partial charge on any atom is 0.335 e.